The molecule has 0 unspecified atom stereocenters. The second-order valence-corrected chi connectivity index (χ2v) is 3.58. The van der Waals surface area contributed by atoms with Crippen molar-refractivity contribution in [1.29, 1.82) is 0 Å². The van der Waals surface area contributed by atoms with Crippen molar-refractivity contribution in [2.24, 2.45) is 0 Å². The Morgan fingerprint density at radius 1 is 1.12 bits per heavy atom. The van der Waals surface area contributed by atoms with Gasteiger partial charge in [0.05, 0.1) is 16.8 Å². The summed E-state index contributed by atoms with van der Waals surface area (Å²) in [4.78, 5) is 0. The van der Waals surface area contributed by atoms with Gasteiger partial charge in [0.1, 0.15) is 5.76 Å². The molecule has 0 spiro atoms. The third kappa shape index (κ3) is 2.07. The Hall–Kier alpha value is -1.42. The molecule has 0 amide bonds. The Morgan fingerprint density at radius 2 is 1.88 bits per heavy atom. The van der Waals surface area contributed by atoms with Crippen molar-refractivity contribution in [2.75, 3.05) is 0 Å². The van der Waals surface area contributed by atoms with E-state index in [2.05, 4.69) is 0 Å². The first-order chi connectivity index (χ1) is 7.48. The maximum absolute atomic E-state index is 12.6. The molecule has 5 heteroatoms. The third-order valence-corrected chi connectivity index (χ3v) is 2.41. The average molecular weight is 247 g/mol. The molecule has 1 aromatic carbocycles. The summed E-state index contributed by atoms with van der Waals surface area (Å²) in [5, 5.41) is -0.317. The summed E-state index contributed by atoms with van der Waals surface area (Å²) in [6.07, 6.45) is -3.06. The molecule has 0 aliphatic rings. The molecule has 1 aromatic heterocycles. The van der Waals surface area contributed by atoms with E-state index < -0.39 is 11.7 Å². The minimum atomic E-state index is -4.46. The van der Waals surface area contributed by atoms with Crippen LogP contribution in [0, 0.1) is 0 Å². The van der Waals surface area contributed by atoms with Crippen LogP contribution < -0.4 is 0 Å². The lowest BCUT2D eigenvalue weighted by Crippen LogP contribution is -2.05. The number of furan rings is 1. The minimum absolute atomic E-state index is 0.317. The molecule has 0 N–H and O–H groups in total. The second-order valence-electron chi connectivity index (χ2n) is 3.17. The molecular formula is C11H6ClF3O. The van der Waals surface area contributed by atoms with Crippen LogP contribution in [0.5, 0.6) is 0 Å². The van der Waals surface area contributed by atoms with Gasteiger partial charge in [-0.05, 0) is 30.3 Å². The topological polar surface area (TPSA) is 13.1 Å². The normalized spacial score (nSPS) is 11.8. The van der Waals surface area contributed by atoms with E-state index in [0.717, 1.165) is 6.07 Å². The zero-order valence-corrected chi connectivity index (χ0v) is 8.64. The van der Waals surface area contributed by atoms with Crippen LogP contribution in [0.2, 0.25) is 5.02 Å². The molecule has 16 heavy (non-hydrogen) atoms. The Balaban J connectivity index is 2.52. The molecule has 0 bridgehead atoms. The Labute approximate surface area is 94.4 Å². The molecule has 2 aromatic rings. The van der Waals surface area contributed by atoms with Crippen molar-refractivity contribution in [3.8, 4) is 11.3 Å². The molecule has 0 aliphatic heterocycles. The highest BCUT2D eigenvalue weighted by atomic mass is 35.5. The molecule has 1 heterocycles. The van der Waals surface area contributed by atoms with E-state index in [1.807, 2.05) is 0 Å². The van der Waals surface area contributed by atoms with Gasteiger partial charge in [0.2, 0.25) is 0 Å². The van der Waals surface area contributed by atoms with Gasteiger partial charge in [-0.1, -0.05) is 11.6 Å². The highest BCUT2D eigenvalue weighted by molar-refractivity contribution is 6.31. The van der Waals surface area contributed by atoms with Crippen molar-refractivity contribution in [1.82, 2.24) is 0 Å². The smallest absolute Gasteiger partial charge is 0.417 e. The van der Waals surface area contributed by atoms with E-state index in [1.165, 1.54) is 18.4 Å². The molecule has 84 valence electrons. The number of halogens is 4. The van der Waals surface area contributed by atoms with Gasteiger partial charge >= 0.3 is 6.18 Å². The van der Waals surface area contributed by atoms with Crippen LogP contribution in [-0.2, 0) is 6.18 Å². The summed E-state index contributed by atoms with van der Waals surface area (Å²) in [5.41, 5.74) is -0.509. The quantitative estimate of drug-likeness (QED) is 0.716. The average Bonchev–Trinajstić information content (AvgIpc) is 2.69. The van der Waals surface area contributed by atoms with Crippen molar-refractivity contribution >= 4 is 11.6 Å². The maximum Gasteiger partial charge on any atom is 0.417 e. The molecule has 2 rings (SSSR count). The van der Waals surface area contributed by atoms with E-state index in [0.29, 0.717) is 11.3 Å². The van der Waals surface area contributed by atoms with Gasteiger partial charge in [-0.3, -0.25) is 0 Å². The van der Waals surface area contributed by atoms with Crippen LogP contribution in [0.1, 0.15) is 5.56 Å². The van der Waals surface area contributed by atoms with E-state index >= 15 is 0 Å². The summed E-state index contributed by atoms with van der Waals surface area (Å²) in [5.74, 6) is 0.377. The van der Waals surface area contributed by atoms with Gasteiger partial charge in [0.25, 0.3) is 0 Å². The zero-order chi connectivity index (χ0) is 11.8. The fourth-order valence-corrected chi connectivity index (χ4v) is 1.56. The summed E-state index contributed by atoms with van der Waals surface area (Å²) in [7, 11) is 0. The molecule has 0 saturated carbocycles. The first-order valence-corrected chi connectivity index (χ1v) is 4.77. The SMILES string of the molecule is FC(F)(F)c1cc(-c2ccco2)ccc1Cl. The predicted molar refractivity (Wildman–Crippen MR) is 54.2 cm³/mol. The van der Waals surface area contributed by atoms with Crippen LogP contribution in [0.4, 0.5) is 13.2 Å². The number of benzene rings is 1. The van der Waals surface area contributed by atoms with Crippen molar-refractivity contribution in [3.05, 3.63) is 47.2 Å². The monoisotopic (exact) mass is 246 g/mol. The lowest BCUT2D eigenvalue weighted by molar-refractivity contribution is -0.137. The van der Waals surface area contributed by atoms with Crippen LogP contribution in [-0.4, -0.2) is 0 Å². The predicted octanol–water partition coefficient (Wildman–Crippen LogP) is 4.62. The fraction of sp³-hybridized carbons (Fsp3) is 0.0909. The van der Waals surface area contributed by atoms with Crippen molar-refractivity contribution in [2.45, 2.75) is 6.18 Å². The van der Waals surface area contributed by atoms with Gasteiger partial charge in [-0.25, -0.2) is 0 Å². The molecule has 1 nitrogen and oxygen atoms in total. The van der Waals surface area contributed by atoms with E-state index in [1.54, 1.807) is 12.1 Å². The number of rotatable bonds is 1. The molecule has 0 radical (unpaired) electrons. The van der Waals surface area contributed by atoms with Crippen LogP contribution in [0.25, 0.3) is 11.3 Å². The lowest BCUT2D eigenvalue weighted by Gasteiger charge is -2.09. The van der Waals surface area contributed by atoms with E-state index in [9.17, 15) is 13.2 Å². The third-order valence-electron chi connectivity index (χ3n) is 2.08. The van der Waals surface area contributed by atoms with E-state index in [4.69, 9.17) is 16.0 Å². The Bertz CT molecular complexity index is 488. The van der Waals surface area contributed by atoms with Gasteiger partial charge in [0.15, 0.2) is 0 Å². The van der Waals surface area contributed by atoms with Crippen LogP contribution >= 0.6 is 11.6 Å². The number of hydrogen-bond donors (Lipinski definition) is 0. The van der Waals surface area contributed by atoms with Gasteiger partial charge in [-0.15, -0.1) is 0 Å². The lowest BCUT2D eigenvalue weighted by atomic mass is 10.1. The standard InChI is InChI=1S/C11H6ClF3O/c12-9-4-3-7(10-2-1-5-16-10)6-8(9)11(13,14)15/h1-6H. The van der Waals surface area contributed by atoms with Gasteiger partial charge in [-0.2, -0.15) is 13.2 Å². The zero-order valence-electron chi connectivity index (χ0n) is 7.88. The van der Waals surface area contributed by atoms with E-state index in [-0.39, 0.29) is 5.02 Å². The maximum atomic E-state index is 12.6. The number of hydrogen-bond acceptors (Lipinski definition) is 1. The Morgan fingerprint density at radius 3 is 2.44 bits per heavy atom. The summed E-state index contributed by atoms with van der Waals surface area (Å²) < 4.78 is 42.7. The molecule has 0 aliphatic carbocycles. The number of alkyl halides is 3. The molecule has 0 atom stereocenters. The Kier molecular flexibility index (Phi) is 2.68. The van der Waals surface area contributed by atoms with Crippen molar-refractivity contribution < 1.29 is 17.6 Å². The first kappa shape index (κ1) is 11.1. The largest absolute Gasteiger partial charge is 0.464 e. The molecule has 0 fully saturated rings. The summed E-state index contributed by atoms with van der Waals surface area (Å²) in [6.45, 7) is 0. The van der Waals surface area contributed by atoms with Crippen LogP contribution in [0.3, 0.4) is 0 Å². The van der Waals surface area contributed by atoms with Gasteiger partial charge < -0.3 is 4.42 Å². The fourth-order valence-electron chi connectivity index (χ4n) is 1.34. The van der Waals surface area contributed by atoms with Crippen molar-refractivity contribution in [3.63, 3.8) is 0 Å². The minimum Gasteiger partial charge on any atom is -0.464 e. The summed E-state index contributed by atoms with van der Waals surface area (Å²) in [6, 6.07) is 6.86. The molecule has 0 saturated heterocycles. The second kappa shape index (κ2) is 3.87. The summed E-state index contributed by atoms with van der Waals surface area (Å²) >= 11 is 5.49. The highest BCUT2D eigenvalue weighted by Crippen LogP contribution is 2.37. The molecular weight excluding hydrogens is 241 g/mol. The van der Waals surface area contributed by atoms with Gasteiger partial charge in [0, 0.05) is 5.56 Å². The van der Waals surface area contributed by atoms with Crippen LogP contribution in [0.15, 0.2) is 41.0 Å². The highest BCUT2D eigenvalue weighted by Gasteiger charge is 2.33. The first-order valence-electron chi connectivity index (χ1n) is 4.39.